The van der Waals surface area contributed by atoms with Crippen molar-refractivity contribution >= 4 is 11.6 Å². The monoisotopic (exact) mass is 524 g/mol. The van der Waals surface area contributed by atoms with E-state index in [1.54, 1.807) is 0 Å². The van der Waals surface area contributed by atoms with Crippen LogP contribution in [0.25, 0.3) is 0 Å². The maximum absolute atomic E-state index is 12.7. The van der Waals surface area contributed by atoms with Crippen molar-refractivity contribution in [2.45, 2.75) is 194 Å². The Kier molecular flexibility index (Phi) is 32.8. The molecule has 0 aliphatic carbocycles. The van der Waals surface area contributed by atoms with E-state index in [1.165, 1.54) is 122 Å². The van der Waals surface area contributed by atoms with Crippen molar-refractivity contribution in [3.05, 3.63) is 0 Å². The molecule has 0 atom stereocenters. The average Bonchev–Trinajstić information content (AvgIpc) is 2.86. The van der Waals surface area contributed by atoms with Crippen LogP contribution in [0, 0.1) is 0 Å². The van der Waals surface area contributed by atoms with Crippen LogP contribution in [-0.2, 0) is 9.59 Å². The largest absolute Gasteiger partial charge is 0.297 e. The average molecular weight is 524 g/mol. The first-order chi connectivity index (χ1) is 18.0. The minimum atomic E-state index is -0.522. The van der Waals surface area contributed by atoms with Gasteiger partial charge in [0.1, 0.15) is 6.04 Å². The van der Waals surface area contributed by atoms with Crippen LogP contribution in [0.1, 0.15) is 188 Å². The predicted octanol–water partition coefficient (Wildman–Crippen LogP) is 10.9. The second-order valence-corrected chi connectivity index (χ2v) is 11.6. The Balaban J connectivity index is 0. The zero-order chi connectivity index (χ0) is 28.0. The van der Waals surface area contributed by atoms with E-state index in [4.69, 9.17) is 0 Å². The topological polar surface area (TPSA) is 37.4 Å². The standard InChI is InChI=1S/C31H61NO2.C3H8/c1-5-7-9-11-13-15-17-19-21-23-25-27-29(33)31(32(3)4)30(34)28-26-24-22-20-18-16-14-12-10-8-6-2;1-3-2/h31H,5-28H2,1-4H3;3H2,1-2H3. The Morgan fingerprint density at radius 1 is 0.432 bits per heavy atom. The smallest absolute Gasteiger partial charge is 0.157 e. The van der Waals surface area contributed by atoms with Crippen molar-refractivity contribution in [1.29, 1.82) is 0 Å². The third-order valence-electron chi connectivity index (χ3n) is 7.18. The van der Waals surface area contributed by atoms with Gasteiger partial charge in [-0.2, -0.15) is 0 Å². The molecule has 0 aromatic rings. The molecule has 222 valence electrons. The Morgan fingerprint density at radius 3 is 0.865 bits per heavy atom. The van der Waals surface area contributed by atoms with Crippen molar-refractivity contribution in [3.63, 3.8) is 0 Å². The molecule has 0 aromatic carbocycles. The van der Waals surface area contributed by atoms with Crippen molar-refractivity contribution in [2.24, 2.45) is 0 Å². The molecule has 37 heavy (non-hydrogen) atoms. The Labute approximate surface area is 234 Å². The van der Waals surface area contributed by atoms with Gasteiger partial charge in [0.05, 0.1) is 0 Å². The summed E-state index contributed by atoms with van der Waals surface area (Å²) in [5, 5.41) is 0. The number of unbranched alkanes of at least 4 members (excludes halogenated alkanes) is 20. The van der Waals surface area contributed by atoms with Crippen molar-refractivity contribution < 1.29 is 9.59 Å². The molecule has 0 aromatic heterocycles. The third-order valence-corrected chi connectivity index (χ3v) is 7.18. The number of carbonyl (C=O) groups is 2. The lowest BCUT2D eigenvalue weighted by atomic mass is 9.96. The molecule has 0 heterocycles. The number of likely N-dealkylation sites (N-methyl/N-ethyl adjacent to an activating group) is 1. The molecule has 0 unspecified atom stereocenters. The maximum atomic E-state index is 12.7. The fourth-order valence-corrected chi connectivity index (χ4v) is 4.96. The Hall–Kier alpha value is -0.700. The lowest BCUT2D eigenvalue weighted by Crippen LogP contribution is -2.42. The molecule has 0 radical (unpaired) electrons. The van der Waals surface area contributed by atoms with Gasteiger partial charge >= 0.3 is 0 Å². The molecule has 0 bridgehead atoms. The van der Waals surface area contributed by atoms with Gasteiger partial charge in [0.2, 0.25) is 0 Å². The highest BCUT2D eigenvalue weighted by atomic mass is 16.2. The fourth-order valence-electron chi connectivity index (χ4n) is 4.96. The van der Waals surface area contributed by atoms with E-state index < -0.39 is 6.04 Å². The van der Waals surface area contributed by atoms with E-state index in [2.05, 4.69) is 27.7 Å². The van der Waals surface area contributed by atoms with Crippen LogP contribution in [0.15, 0.2) is 0 Å². The van der Waals surface area contributed by atoms with Crippen LogP contribution < -0.4 is 0 Å². The number of Topliss-reactive ketones (excluding diaryl/α,β-unsaturated/α-hetero) is 2. The van der Waals surface area contributed by atoms with Gasteiger partial charge in [0.25, 0.3) is 0 Å². The summed E-state index contributed by atoms with van der Waals surface area (Å²) in [5.74, 6) is 0.267. The predicted molar refractivity (Wildman–Crippen MR) is 166 cm³/mol. The lowest BCUT2D eigenvalue weighted by Gasteiger charge is -2.22. The summed E-state index contributed by atoms with van der Waals surface area (Å²) in [4.78, 5) is 27.3. The van der Waals surface area contributed by atoms with Gasteiger partial charge < -0.3 is 0 Å². The number of hydrogen-bond acceptors (Lipinski definition) is 3. The molecule has 0 N–H and O–H groups in total. The quantitative estimate of drug-likeness (QED) is 0.0793. The first-order valence-corrected chi connectivity index (χ1v) is 16.7. The first-order valence-electron chi connectivity index (χ1n) is 16.7. The van der Waals surface area contributed by atoms with Crippen LogP contribution in [0.5, 0.6) is 0 Å². The second kappa shape index (κ2) is 31.5. The fraction of sp³-hybridized carbons (Fsp3) is 0.941. The first kappa shape index (κ1) is 38.4. The molecule has 0 fully saturated rings. The second-order valence-electron chi connectivity index (χ2n) is 11.6. The summed E-state index contributed by atoms with van der Waals surface area (Å²) in [6, 6.07) is -0.522. The molecule has 3 nitrogen and oxygen atoms in total. The summed E-state index contributed by atoms with van der Waals surface area (Å²) < 4.78 is 0. The summed E-state index contributed by atoms with van der Waals surface area (Å²) in [7, 11) is 3.75. The molecule has 0 aliphatic heterocycles. The molecule has 0 saturated carbocycles. The van der Waals surface area contributed by atoms with Gasteiger partial charge in [-0.1, -0.05) is 163 Å². The van der Waals surface area contributed by atoms with Gasteiger partial charge in [0, 0.05) is 12.8 Å². The molecular weight excluding hydrogens is 454 g/mol. The highest BCUT2D eigenvalue weighted by Crippen LogP contribution is 2.15. The van der Waals surface area contributed by atoms with Crippen molar-refractivity contribution in [2.75, 3.05) is 14.1 Å². The number of ketones is 2. The molecule has 0 aliphatic rings. The van der Waals surface area contributed by atoms with Crippen molar-refractivity contribution in [3.8, 4) is 0 Å². The van der Waals surface area contributed by atoms with Gasteiger partial charge in [-0.05, 0) is 26.9 Å². The van der Waals surface area contributed by atoms with E-state index in [9.17, 15) is 9.59 Å². The van der Waals surface area contributed by atoms with Crippen LogP contribution in [0.3, 0.4) is 0 Å². The third kappa shape index (κ3) is 28.1. The van der Waals surface area contributed by atoms with Crippen LogP contribution in [0.4, 0.5) is 0 Å². The summed E-state index contributed by atoms with van der Waals surface area (Å²) in [6.45, 7) is 8.78. The summed E-state index contributed by atoms with van der Waals surface area (Å²) in [5.41, 5.74) is 0. The van der Waals surface area contributed by atoms with Crippen LogP contribution in [-0.4, -0.2) is 36.6 Å². The maximum Gasteiger partial charge on any atom is 0.157 e. The summed E-state index contributed by atoms with van der Waals surface area (Å²) in [6.07, 6.45) is 30.6. The number of carbonyl (C=O) groups excluding carboxylic acids is 2. The van der Waals surface area contributed by atoms with E-state index in [-0.39, 0.29) is 11.6 Å². The van der Waals surface area contributed by atoms with Crippen LogP contribution in [0.2, 0.25) is 0 Å². The number of rotatable bonds is 27. The van der Waals surface area contributed by atoms with Gasteiger partial charge in [-0.25, -0.2) is 0 Å². The van der Waals surface area contributed by atoms with Gasteiger partial charge in [-0.15, -0.1) is 0 Å². The Bertz CT molecular complexity index is 436. The molecule has 0 spiro atoms. The Morgan fingerprint density at radius 2 is 0.649 bits per heavy atom. The highest BCUT2D eigenvalue weighted by molar-refractivity contribution is 6.06. The van der Waals surface area contributed by atoms with Crippen LogP contribution >= 0.6 is 0 Å². The summed E-state index contributed by atoms with van der Waals surface area (Å²) >= 11 is 0. The molecule has 0 rings (SSSR count). The SMILES string of the molecule is CCC.CCCCCCCCCCCCCC(=O)C(C(=O)CCCCCCCCCCCCC)N(C)C. The molecule has 0 saturated heterocycles. The molecule has 0 amide bonds. The van der Waals surface area contributed by atoms with E-state index in [0.29, 0.717) is 12.8 Å². The van der Waals surface area contributed by atoms with E-state index in [1.807, 2.05) is 19.0 Å². The highest BCUT2D eigenvalue weighted by Gasteiger charge is 2.27. The molecule has 3 heteroatoms. The van der Waals surface area contributed by atoms with E-state index in [0.717, 1.165) is 25.7 Å². The number of nitrogens with zero attached hydrogens (tertiary/aromatic N) is 1. The minimum Gasteiger partial charge on any atom is -0.297 e. The normalized spacial score (nSPS) is 11.1. The van der Waals surface area contributed by atoms with Gasteiger partial charge in [0.15, 0.2) is 11.6 Å². The zero-order valence-corrected chi connectivity index (χ0v) is 26.5. The minimum absolute atomic E-state index is 0.133. The lowest BCUT2D eigenvalue weighted by molar-refractivity contribution is -0.133. The van der Waals surface area contributed by atoms with Gasteiger partial charge in [-0.3, -0.25) is 14.5 Å². The zero-order valence-electron chi connectivity index (χ0n) is 26.5. The van der Waals surface area contributed by atoms with Crippen molar-refractivity contribution in [1.82, 2.24) is 4.90 Å². The number of hydrogen-bond donors (Lipinski definition) is 0. The van der Waals surface area contributed by atoms with E-state index >= 15 is 0 Å². The molecular formula is C34H69NO2.